The van der Waals surface area contributed by atoms with Crippen molar-refractivity contribution in [2.24, 2.45) is 0 Å². The molecule has 1 N–H and O–H groups in total. The predicted molar refractivity (Wildman–Crippen MR) is 150 cm³/mol. The number of aromatic nitrogens is 8. The standard InChI is InChI=1S/C27H30ClF3N10O2/c1-17(13-40-16-34-37-38-40)43-24-10-18(2-3-22(24)28)19-11-32-26(33-12-19)35-23-14-41(36-25(23)27(29,30)31)20-4-7-39(8-5-20)21-6-9-42-15-21/h2-3,10-12,14,16-17,20-21H,4-9,13,15H2,1H3,(H,32,33,35)/t17-,21?/m0/s1. The second kappa shape index (κ2) is 12.4. The molecule has 4 aromatic rings. The Hall–Kier alpha value is -3.82. The van der Waals surface area contributed by atoms with Gasteiger partial charge < -0.3 is 14.8 Å². The lowest BCUT2D eigenvalue weighted by Crippen LogP contribution is -2.42. The van der Waals surface area contributed by atoms with Crippen LogP contribution in [-0.4, -0.2) is 83.3 Å². The summed E-state index contributed by atoms with van der Waals surface area (Å²) in [6.07, 6.45) is 3.43. The second-order valence-corrected chi connectivity index (χ2v) is 11.1. The molecule has 2 aliphatic heterocycles. The fourth-order valence-electron chi connectivity index (χ4n) is 5.42. The summed E-state index contributed by atoms with van der Waals surface area (Å²) in [6, 6.07) is 5.49. The average molecular weight is 619 g/mol. The summed E-state index contributed by atoms with van der Waals surface area (Å²) in [5, 5.41) is 18.1. The van der Waals surface area contributed by atoms with E-state index < -0.39 is 11.9 Å². The molecule has 0 bridgehead atoms. The molecule has 2 saturated heterocycles. The molecule has 3 aromatic heterocycles. The van der Waals surface area contributed by atoms with Gasteiger partial charge in [0.15, 0.2) is 5.69 Å². The highest BCUT2D eigenvalue weighted by atomic mass is 35.5. The Balaban J connectivity index is 1.14. The predicted octanol–water partition coefficient (Wildman–Crippen LogP) is 4.64. The summed E-state index contributed by atoms with van der Waals surface area (Å²) in [5.41, 5.74) is 0.166. The van der Waals surface area contributed by atoms with Gasteiger partial charge in [-0.3, -0.25) is 9.58 Å². The van der Waals surface area contributed by atoms with Crippen LogP contribution >= 0.6 is 11.6 Å². The number of alkyl halides is 3. The molecule has 1 aromatic carbocycles. The molecule has 2 atom stereocenters. The van der Waals surface area contributed by atoms with Crippen molar-refractivity contribution in [1.82, 2.24) is 44.9 Å². The lowest BCUT2D eigenvalue weighted by atomic mass is 10.0. The normalized spacial score (nSPS) is 19.0. The quantitative estimate of drug-likeness (QED) is 0.284. The van der Waals surface area contributed by atoms with Gasteiger partial charge in [-0.2, -0.15) is 18.3 Å². The zero-order valence-electron chi connectivity index (χ0n) is 23.3. The lowest BCUT2D eigenvalue weighted by Gasteiger charge is -2.35. The van der Waals surface area contributed by atoms with Gasteiger partial charge in [-0.25, -0.2) is 14.6 Å². The fourth-order valence-corrected chi connectivity index (χ4v) is 5.58. The van der Waals surface area contributed by atoms with E-state index in [1.54, 1.807) is 22.9 Å². The van der Waals surface area contributed by atoms with E-state index in [1.165, 1.54) is 29.6 Å². The number of ether oxygens (including phenoxy) is 2. The van der Waals surface area contributed by atoms with Crippen molar-refractivity contribution >= 4 is 23.2 Å². The molecule has 43 heavy (non-hydrogen) atoms. The third-order valence-electron chi connectivity index (χ3n) is 7.62. The molecule has 0 amide bonds. The van der Waals surface area contributed by atoms with Crippen LogP contribution in [0.3, 0.4) is 0 Å². The molecule has 2 fully saturated rings. The van der Waals surface area contributed by atoms with Crippen molar-refractivity contribution < 1.29 is 22.6 Å². The third-order valence-corrected chi connectivity index (χ3v) is 7.93. The Morgan fingerprint density at radius 2 is 1.91 bits per heavy atom. The van der Waals surface area contributed by atoms with Gasteiger partial charge in [0.2, 0.25) is 5.95 Å². The first-order chi connectivity index (χ1) is 20.7. The van der Waals surface area contributed by atoms with Crippen LogP contribution in [0.15, 0.2) is 43.1 Å². The monoisotopic (exact) mass is 618 g/mol. The molecular weight excluding hydrogens is 589 g/mol. The SMILES string of the molecule is C[C@@H](Cn1cnnn1)Oc1cc(-c2cnc(Nc3cn(C4CCN(C5CCOC5)CC4)nc3C(F)(F)F)nc2)ccc1Cl. The van der Waals surface area contributed by atoms with E-state index in [9.17, 15) is 13.2 Å². The number of anilines is 2. The maximum absolute atomic E-state index is 13.9. The van der Waals surface area contributed by atoms with Crippen LogP contribution in [-0.2, 0) is 17.5 Å². The van der Waals surface area contributed by atoms with Gasteiger partial charge >= 0.3 is 6.18 Å². The first-order valence-electron chi connectivity index (χ1n) is 14.0. The number of hydrogen-bond acceptors (Lipinski definition) is 10. The van der Waals surface area contributed by atoms with Gasteiger partial charge in [0, 0.05) is 49.9 Å². The van der Waals surface area contributed by atoms with E-state index in [2.05, 4.69) is 40.8 Å². The molecule has 5 heterocycles. The van der Waals surface area contributed by atoms with E-state index in [1.807, 2.05) is 6.92 Å². The van der Waals surface area contributed by atoms with Gasteiger partial charge in [0.05, 0.1) is 29.9 Å². The zero-order chi connectivity index (χ0) is 30.0. The van der Waals surface area contributed by atoms with E-state index in [0.29, 0.717) is 48.4 Å². The van der Waals surface area contributed by atoms with Gasteiger partial charge in [0.25, 0.3) is 0 Å². The number of halogens is 4. The summed E-state index contributed by atoms with van der Waals surface area (Å²) in [5.74, 6) is 0.469. The number of piperidine rings is 1. The van der Waals surface area contributed by atoms with Crippen LogP contribution in [0.5, 0.6) is 5.75 Å². The molecule has 228 valence electrons. The summed E-state index contributed by atoms with van der Waals surface area (Å²) in [7, 11) is 0. The number of nitrogens with one attached hydrogen (secondary N) is 1. The van der Waals surface area contributed by atoms with E-state index in [-0.39, 0.29) is 23.8 Å². The van der Waals surface area contributed by atoms with Crippen molar-refractivity contribution in [3.63, 3.8) is 0 Å². The first kappa shape index (κ1) is 29.3. The highest BCUT2D eigenvalue weighted by Crippen LogP contribution is 2.37. The smallest absolute Gasteiger partial charge is 0.437 e. The minimum absolute atomic E-state index is 0.0188. The number of nitrogens with zero attached hydrogens (tertiary/aromatic N) is 9. The van der Waals surface area contributed by atoms with Crippen LogP contribution in [0.2, 0.25) is 5.02 Å². The molecular formula is C27H30ClF3N10O2. The van der Waals surface area contributed by atoms with Crippen molar-refractivity contribution in [2.45, 2.75) is 57.1 Å². The Bertz CT molecular complexity index is 1500. The minimum Gasteiger partial charge on any atom is -0.487 e. The molecule has 12 nitrogen and oxygen atoms in total. The molecule has 0 aliphatic carbocycles. The molecule has 0 radical (unpaired) electrons. The minimum atomic E-state index is -4.64. The first-order valence-corrected chi connectivity index (χ1v) is 14.4. The van der Waals surface area contributed by atoms with Gasteiger partial charge in [-0.15, -0.1) is 5.10 Å². The highest BCUT2D eigenvalue weighted by molar-refractivity contribution is 6.32. The van der Waals surface area contributed by atoms with Gasteiger partial charge in [0.1, 0.15) is 18.2 Å². The van der Waals surface area contributed by atoms with Crippen molar-refractivity contribution in [3.8, 4) is 16.9 Å². The molecule has 16 heteroatoms. The largest absolute Gasteiger partial charge is 0.487 e. The summed E-state index contributed by atoms with van der Waals surface area (Å²) in [6.45, 7) is 5.34. The molecule has 0 spiro atoms. The Morgan fingerprint density at radius 1 is 1.12 bits per heavy atom. The molecule has 0 saturated carbocycles. The average Bonchev–Trinajstić information content (AvgIpc) is 3.78. The van der Waals surface area contributed by atoms with Crippen LogP contribution in [0.25, 0.3) is 11.1 Å². The Labute approximate surface area is 250 Å². The van der Waals surface area contributed by atoms with Crippen molar-refractivity contribution in [1.29, 1.82) is 0 Å². The summed E-state index contributed by atoms with van der Waals surface area (Å²) in [4.78, 5) is 10.9. The lowest BCUT2D eigenvalue weighted by molar-refractivity contribution is -0.141. The van der Waals surface area contributed by atoms with Crippen LogP contribution in [0.4, 0.5) is 24.8 Å². The number of benzene rings is 1. The maximum atomic E-state index is 13.9. The van der Waals surface area contributed by atoms with Crippen molar-refractivity contribution in [2.75, 3.05) is 31.6 Å². The second-order valence-electron chi connectivity index (χ2n) is 10.7. The van der Waals surface area contributed by atoms with E-state index >= 15 is 0 Å². The zero-order valence-corrected chi connectivity index (χ0v) is 24.0. The number of likely N-dealkylation sites (tertiary alicyclic amines) is 1. The van der Waals surface area contributed by atoms with Crippen LogP contribution in [0.1, 0.15) is 37.9 Å². The number of tetrazole rings is 1. The topological polar surface area (TPSA) is 121 Å². The maximum Gasteiger partial charge on any atom is 0.437 e. The Kier molecular flexibility index (Phi) is 8.45. The fraction of sp³-hybridized carbons (Fsp3) is 0.481. The molecule has 6 rings (SSSR count). The van der Waals surface area contributed by atoms with Crippen LogP contribution in [0, 0.1) is 0 Å². The third kappa shape index (κ3) is 6.89. The van der Waals surface area contributed by atoms with E-state index in [4.69, 9.17) is 21.1 Å². The highest BCUT2D eigenvalue weighted by Gasteiger charge is 2.39. The summed E-state index contributed by atoms with van der Waals surface area (Å²) >= 11 is 6.35. The van der Waals surface area contributed by atoms with Gasteiger partial charge in [-0.05, 0) is 54.3 Å². The summed E-state index contributed by atoms with van der Waals surface area (Å²) < 4.78 is 56.3. The number of rotatable bonds is 9. The number of hydrogen-bond donors (Lipinski definition) is 1. The van der Waals surface area contributed by atoms with Gasteiger partial charge in [-0.1, -0.05) is 17.7 Å². The molecule has 1 unspecified atom stereocenters. The van der Waals surface area contributed by atoms with Crippen LogP contribution < -0.4 is 10.1 Å². The van der Waals surface area contributed by atoms with Crippen molar-refractivity contribution in [3.05, 3.63) is 53.8 Å². The Morgan fingerprint density at radius 3 is 2.58 bits per heavy atom. The van der Waals surface area contributed by atoms with E-state index in [0.717, 1.165) is 31.7 Å². The molecule has 2 aliphatic rings.